The van der Waals surface area contributed by atoms with Crippen LogP contribution in [0.1, 0.15) is 12.7 Å². The van der Waals surface area contributed by atoms with Gasteiger partial charge in [0.2, 0.25) is 5.91 Å². The van der Waals surface area contributed by atoms with Crippen LogP contribution in [-0.2, 0) is 27.3 Å². The molecule has 2 rings (SSSR count). The minimum Gasteiger partial charge on any atom is -0.465 e. The molecule has 1 heterocycles. The lowest BCUT2D eigenvalue weighted by atomic mass is 10.3. The molecule has 1 amide bonds. The first-order valence-electron chi connectivity index (χ1n) is 7.15. The fraction of sp³-hybridized carbons (Fsp3) is 0.312. The highest BCUT2D eigenvalue weighted by Gasteiger charge is 2.14. The van der Waals surface area contributed by atoms with Crippen molar-refractivity contribution in [2.75, 3.05) is 13.2 Å². The third-order valence-electron chi connectivity index (χ3n) is 3.16. The van der Waals surface area contributed by atoms with E-state index < -0.39 is 0 Å². The lowest BCUT2D eigenvalue weighted by Crippen LogP contribution is -2.25. The van der Waals surface area contributed by atoms with Crippen LogP contribution in [0.2, 0.25) is 0 Å². The second-order valence-corrected chi connectivity index (χ2v) is 4.65. The molecule has 0 saturated heterocycles. The van der Waals surface area contributed by atoms with Gasteiger partial charge in [0.05, 0.1) is 17.6 Å². The van der Waals surface area contributed by atoms with E-state index in [0.717, 1.165) is 16.9 Å². The van der Waals surface area contributed by atoms with Crippen molar-refractivity contribution in [3.63, 3.8) is 0 Å². The summed E-state index contributed by atoms with van der Waals surface area (Å²) in [4.78, 5) is 27.5. The number of amides is 1. The van der Waals surface area contributed by atoms with E-state index in [2.05, 4.69) is 16.9 Å². The maximum Gasteiger partial charge on any atom is 0.326 e. The smallest absolute Gasteiger partial charge is 0.326 e. The van der Waals surface area contributed by atoms with Gasteiger partial charge < -0.3 is 14.6 Å². The fourth-order valence-corrected chi connectivity index (χ4v) is 2.20. The maximum atomic E-state index is 11.8. The monoisotopic (exact) mass is 301 g/mol. The van der Waals surface area contributed by atoms with Gasteiger partial charge in [0, 0.05) is 13.0 Å². The number of carbonyl (C=O) groups excluding carboxylic acids is 2. The van der Waals surface area contributed by atoms with Crippen LogP contribution in [0.15, 0.2) is 36.9 Å². The van der Waals surface area contributed by atoms with E-state index in [1.54, 1.807) is 6.92 Å². The van der Waals surface area contributed by atoms with Crippen molar-refractivity contribution in [2.24, 2.45) is 0 Å². The van der Waals surface area contributed by atoms with E-state index in [-0.39, 0.29) is 18.4 Å². The molecule has 0 fully saturated rings. The first kappa shape index (κ1) is 15.8. The van der Waals surface area contributed by atoms with E-state index in [4.69, 9.17) is 4.74 Å². The minimum atomic E-state index is -0.304. The molecule has 0 saturated carbocycles. The van der Waals surface area contributed by atoms with Gasteiger partial charge in [-0.25, -0.2) is 4.98 Å². The third-order valence-corrected chi connectivity index (χ3v) is 3.16. The lowest BCUT2D eigenvalue weighted by molar-refractivity contribution is -0.143. The summed E-state index contributed by atoms with van der Waals surface area (Å²) >= 11 is 0. The Bertz CT molecular complexity index is 691. The fourth-order valence-electron chi connectivity index (χ4n) is 2.20. The molecule has 0 bridgehead atoms. The Morgan fingerprint density at radius 3 is 2.91 bits per heavy atom. The first-order chi connectivity index (χ1) is 10.7. The summed E-state index contributed by atoms with van der Waals surface area (Å²) in [5.41, 5.74) is 1.69. The number of nitrogens with zero attached hydrogens (tertiary/aromatic N) is 2. The molecular weight excluding hydrogens is 282 g/mol. The molecule has 0 aliphatic carbocycles. The zero-order valence-corrected chi connectivity index (χ0v) is 12.5. The van der Waals surface area contributed by atoms with E-state index >= 15 is 0 Å². The molecule has 116 valence electrons. The number of ether oxygens (including phenoxy) is 1. The average Bonchev–Trinajstić information content (AvgIpc) is 2.85. The molecule has 0 aliphatic rings. The Balaban J connectivity index is 2.21. The second-order valence-electron chi connectivity index (χ2n) is 4.65. The van der Waals surface area contributed by atoms with Crippen molar-refractivity contribution in [3.8, 4) is 0 Å². The molecule has 6 nitrogen and oxygen atoms in total. The Morgan fingerprint density at radius 1 is 1.41 bits per heavy atom. The maximum absolute atomic E-state index is 11.8. The summed E-state index contributed by atoms with van der Waals surface area (Å²) in [6, 6.07) is 7.60. The minimum absolute atomic E-state index is 0.110. The highest BCUT2D eigenvalue weighted by Crippen LogP contribution is 2.16. The summed E-state index contributed by atoms with van der Waals surface area (Å²) in [6.07, 6.45) is 1.75. The summed E-state index contributed by atoms with van der Waals surface area (Å²) in [6.45, 7) is 6.06. The number of para-hydroxylation sites is 2. The van der Waals surface area contributed by atoms with Crippen LogP contribution in [0.25, 0.3) is 11.0 Å². The molecule has 0 aliphatic heterocycles. The Hall–Kier alpha value is -2.63. The van der Waals surface area contributed by atoms with Crippen LogP contribution in [0, 0.1) is 0 Å². The third kappa shape index (κ3) is 3.72. The van der Waals surface area contributed by atoms with Crippen LogP contribution >= 0.6 is 0 Å². The van der Waals surface area contributed by atoms with Crippen molar-refractivity contribution in [2.45, 2.75) is 19.9 Å². The van der Waals surface area contributed by atoms with Gasteiger partial charge in [-0.1, -0.05) is 18.7 Å². The number of imidazole rings is 1. The summed E-state index contributed by atoms with van der Waals surface area (Å²) < 4.78 is 6.84. The zero-order chi connectivity index (χ0) is 15.9. The lowest BCUT2D eigenvalue weighted by Gasteiger charge is -2.09. The van der Waals surface area contributed by atoms with Crippen LogP contribution in [0.4, 0.5) is 0 Å². The van der Waals surface area contributed by atoms with E-state index in [1.165, 1.54) is 6.08 Å². The molecular formula is C16H19N3O3. The number of hydrogen-bond acceptors (Lipinski definition) is 4. The molecule has 1 N–H and O–H groups in total. The molecule has 0 atom stereocenters. The quantitative estimate of drug-likeness (QED) is 0.620. The van der Waals surface area contributed by atoms with Crippen molar-refractivity contribution in [3.05, 3.63) is 42.7 Å². The van der Waals surface area contributed by atoms with Crippen molar-refractivity contribution in [1.29, 1.82) is 0 Å². The molecule has 0 unspecified atom stereocenters. The molecule has 1 aromatic carbocycles. The standard InChI is InChI=1S/C16H19N3O3/c1-3-15(20)17-10-9-14-18-12-7-5-6-8-13(12)19(14)11-16(21)22-4-2/h3,5-8H,1,4,9-11H2,2H3,(H,17,20). The molecule has 1 aromatic heterocycles. The van der Waals surface area contributed by atoms with Crippen molar-refractivity contribution >= 4 is 22.9 Å². The molecule has 22 heavy (non-hydrogen) atoms. The van der Waals surface area contributed by atoms with E-state index in [0.29, 0.717) is 19.6 Å². The van der Waals surface area contributed by atoms with E-state index in [1.807, 2.05) is 28.8 Å². The predicted molar refractivity (Wildman–Crippen MR) is 83.3 cm³/mol. The molecule has 6 heteroatoms. The van der Waals surface area contributed by atoms with Gasteiger partial charge in [-0.05, 0) is 25.1 Å². The van der Waals surface area contributed by atoms with Crippen LogP contribution in [0.5, 0.6) is 0 Å². The van der Waals surface area contributed by atoms with Crippen molar-refractivity contribution in [1.82, 2.24) is 14.9 Å². The van der Waals surface area contributed by atoms with Crippen LogP contribution in [0.3, 0.4) is 0 Å². The topological polar surface area (TPSA) is 73.2 Å². The van der Waals surface area contributed by atoms with Crippen LogP contribution in [-0.4, -0.2) is 34.6 Å². The number of benzene rings is 1. The number of nitrogens with one attached hydrogen (secondary N) is 1. The normalized spacial score (nSPS) is 10.4. The number of esters is 1. The SMILES string of the molecule is C=CC(=O)NCCc1nc2ccccc2n1CC(=O)OCC. The predicted octanol–water partition coefficient (Wildman–Crippen LogP) is 1.44. The van der Waals surface area contributed by atoms with Crippen LogP contribution < -0.4 is 5.32 Å². The largest absolute Gasteiger partial charge is 0.465 e. The van der Waals surface area contributed by atoms with Gasteiger partial charge in [0.25, 0.3) is 0 Å². The van der Waals surface area contributed by atoms with Gasteiger partial charge in [-0.2, -0.15) is 0 Å². The highest BCUT2D eigenvalue weighted by molar-refractivity contribution is 5.86. The Labute approximate surface area is 128 Å². The zero-order valence-electron chi connectivity index (χ0n) is 12.5. The molecule has 0 spiro atoms. The van der Waals surface area contributed by atoms with Gasteiger partial charge in [-0.15, -0.1) is 0 Å². The second kappa shape index (κ2) is 7.40. The Morgan fingerprint density at radius 2 is 2.18 bits per heavy atom. The number of fused-ring (bicyclic) bond motifs is 1. The van der Waals surface area contributed by atoms with Gasteiger partial charge in [-0.3, -0.25) is 9.59 Å². The molecule has 2 aromatic rings. The number of hydrogen-bond donors (Lipinski definition) is 1. The number of aromatic nitrogens is 2. The summed E-state index contributed by atoms with van der Waals surface area (Å²) in [5, 5.41) is 2.70. The average molecular weight is 301 g/mol. The van der Waals surface area contributed by atoms with Gasteiger partial charge >= 0.3 is 5.97 Å². The number of carbonyl (C=O) groups is 2. The summed E-state index contributed by atoms with van der Waals surface area (Å²) in [7, 11) is 0. The van der Waals surface area contributed by atoms with Crippen molar-refractivity contribution < 1.29 is 14.3 Å². The number of rotatable bonds is 7. The van der Waals surface area contributed by atoms with E-state index in [9.17, 15) is 9.59 Å². The van der Waals surface area contributed by atoms with Gasteiger partial charge in [0.15, 0.2) is 0 Å². The molecule has 0 radical (unpaired) electrons. The first-order valence-corrected chi connectivity index (χ1v) is 7.15. The highest BCUT2D eigenvalue weighted by atomic mass is 16.5. The summed E-state index contributed by atoms with van der Waals surface area (Å²) in [5.74, 6) is 0.202. The Kier molecular flexibility index (Phi) is 5.30. The van der Waals surface area contributed by atoms with Gasteiger partial charge in [0.1, 0.15) is 12.4 Å².